The van der Waals surface area contributed by atoms with Crippen molar-refractivity contribution in [2.45, 2.75) is 64.8 Å². The summed E-state index contributed by atoms with van der Waals surface area (Å²) in [6.07, 6.45) is 5.58. The molecule has 3 aromatic rings. The van der Waals surface area contributed by atoms with Gasteiger partial charge in [0.2, 0.25) is 6.41 Å². The first kappa shape index (κ1) is 31.2. The summed E-state index contributed by atoms with van der Waals surface area (Å²) in [7, 11) is 1.90. The Morgan fingerprint density at radius 3 is 2.56 bits per heavy atom. The maximum atomic E-state index is 13.0. The van der Waals surface area contributed by atoms with Crippen LogP contribution in [0.5, 0.6) is 0 Å². The Hall–Kier alpha value is -3.28. The molecule has 1 amide bonds. The number of ether oxygens (including phenoxy) is 2. The van der Waals surface area contributed by atoms with Crippen LogP contribution in [0.1, 0.15) is 74.8 Å². The molecule has 0 radical (unpaired) electrons. The van der Waals surface area contributed by atoms with Crippen LogP contribution in [-0.2, 0) is 16.5 Å². The van der Waals surface area contributed by atoms with Crippen LogP contribution in [-0.4, -0.2) is 79.8 Å². The molecule has 1 saturated heterocycles. The number of rotatable bonds is 7. The average molecular weight is 609 g/mol. The minimum Gasteiger partial charge on any atom is -0.447 e. The summed E-state index contributed by atoms with van der Waals surface area (Å²) in [5.74, 6) is 0. The molecule has 1 aliphatic carbocycles. The smallest absolute Gasteiger partial charge is 0.408 e. The molecule has 3 atom stereocenters. The molecular formula is C32H41ClN6O4. The average Bonchev–Trinajstić information content (AvgIpc) is 3.30. The minimum absolute atomic E-state index is 0.185. The van der Waals surface area contributed by atoms with Crippen LogP contribution in [0.25, 0.3) is 11.6 Å². The fraction of sp³-hybridized carbons (Fsp3) is 0.469. The van der Waals surface area contributed by atoms with Crippen molar-refractivity contribution in [1.29, 1.82) is 0 Å². The highest BCUT2D eigenvalue weighted by molar-refractivity contribution is 6.30. The van der Waals surface area contributed by atoms with Crippen LogP contribution in [0.4, 0.5) is 4.79 Å². The number of fused-ring (bicyclic) bond motifs is 2. The maximum absolute atomic E-state index is 13.0. The maximum Gasteiger partial charge on any atom is 0.408 e. The molecule has 2 N–H and O–H groups in total. The molecule has 10 nitrogen and oxygen atoms in total. The summed E-state index contributed by atoms with van der Waals surface area (Å²) in [5.41, 5.74) is 4.98. The third-order valence-corrected chi connectivity index (χ3v) is 7.85. The van der Waals surface area contributed by atoms with Gasteiger partial charge in [-0.05, 0) is 81.2 Å². The lowest BCUT2D eigenvalue weighted by Gasteiger charge is -2.42. The second kappa shape index (κ2) is 12.8. The Morgan fingerprint density at radius 1 is 1.16 bits per heavy atom. The van der Waals surface area contributed by atoms with E-state index in [2.05, 4.69) is 27.3 Å². The van der Waals surface area contributed by atoms with Gasteiger partial charge in [0.1, 0.15) is 0 Å². The van der Waals surface area contributed by atoms with Crippen molar-refractivity contribution in [3.63, 3.8) is 0 Å². The van der Waals surface area contributed by atoms with E-state index in [0.717, 1.165) is 33.7 Å². The van der Waals surface area contributed by atoms with Crippen molar-refractivity contribution < 1.29 is 19.4 Å². The number of aliphatic hydroxyl groups excluding tert-OH is 1. The minimum atomic E-state index is -0.975. The second-order valence-electron chi connectivity index (χ2n) is 12.3. The number of carbonyl (C=O) groups excluding carboxylic acids is 1. The van der Waals surface area contributed by atoms with Gasteiger partial charge >= 0.3 is 6.09 Å². The molecular weight excluding hydrogens is 568 g/mol. The number of carbonyl (C=O) groups is 1. The predicted molar refractivity (Wildman–Crippen MR) is 166 cm³/mol. The topological polar surface area (TPSA) is 105 Å². The molecule has 1 aromatic carbocycles. The third-order valence-electron chi connectivity index (χ3n) is 7.61. The van der Waals surface area contributed by atoms with Gasteiger partial charge in [-0.2, -0.15) is 0 Å². The Labute approximate surface area is 258 Å². The Morgan fingerprint density at radius 2 is 1.91 bits per heavy atom. The van der Waals surface area contributed by atoms with Gasteiger partial charge in [0, 0.05) is 44.4 Å². The molecule has 230 valence electrons. The van der Waals surface area contributed by atoms with E-state index in [0.29, 0.717) is 31.2 Å². The number of hydrogen-bond donors (Lipinski definition) is 2. The molecule has 3 heterocycles. The molecule has 2 aliphatic rings. The standard InChI is InChI=1S/C32H41ClN6O4/c1-20(2)42-30(40)36-28(26-18-34-19-37(26)6)25-16-21-8-7-11-35-27(21)29(23-10-9-22(33)17-24(23)25)38-12-14-39(15-13-38)31(41)43-32(3,4)5/h7-11,16-20,28-29,31,41H,12-15H2,1-6H3,(H,36,40). The van der Waals surface area contributed by atoms with E-state index in [4.69, 9.17) is 26.1 Å². The van der Waals surface area contributed by atoms with Crippen LogP contribution in [0.3, 0.4) is 0 Å². The molecule has 1 aliphatic heterocycles. The van der Waals surface area contributed by atoms with Gasteiger partial charge in [0.05, 0.1) is 47.7 Å². The van der Waals surface area contributed by atoms with Gasteiger partial charge in [-0.3, -0.25) is 14.8 Å². The highest BCUT2D eigenvalue weighted by Crippen LogP contribution is 2.44. The zero-order chi connectivity index (χ0) is 30.9. The molecule has 5 rings (SSSR count). The van der Waals surface area contributed by atoms with Gasteiger partial charge in [0.25, 0.3) is 0 Å². The molecule has 0 bridgehead atoms. The van der Waals surface area contributed by atoms with Crippen molar-refractivity contribution in [3.8, 4) is 0 Å². The number of halogens is 1. The normalized spacial score (nSPS) is 19.2. The second-order valence-corrected chi connectivity index (χ2v) is 12.7. The molecule has 1 fully saturated rings. The lowest BCUT2D eigenvalue weighted by molar-refractivity contribution is -0.244. The van der Waals surface area contributed by atoms with Gasteiger partial charge in [-0.15, -0.1) is 0 Å². The highest BCUT2D eigenvalue weighted by Gasteiger charge is 2.37. The Kier molecular flexibility index (Phi) is 9.24. The van der Waals surface area contributed by atoms with E-state index in [-0.39, 0.29) is 12.1 Å². The first-order chi connectivity index (χ1) is 20.4. The summed E-state index contributed by atoms with van der Waals surface area (Å²) in [6, 6.07) is 9.11. The molecule has 11 heteroatoms. The summed E-state index contributed by atoms with van der Waals surface area (Å²) < 4.78 is 13.2. The number of benzene rings is 1. The zero-order valence-corrected chi connectivity index (χ0v) is 26.4. The Bertz CT molecular complexity index is 1470. The largest absolute Gasteiger partial charge is 0.447 e. The molecule has 0 spiro atoms. The number of alkyl carbamates (subject to hydrolysis) is 1. The van der Waals surface area contributed by atoms with E-state index in [1.165, 1.54) is 0 Å². The molecule has 0 saturated carbocycles. The number of aliphatic hydroxyl groups is 1. The van der Waals surface area contributed by atoms with Crippen molar-refractivity contribution in [1.82, 2.24) is 29.7 Å². The summed E-state index contributed by atoms with van der Waals surface area (Å²) in [5, 5.41) is 14.4. The van der Waals surface area contributed by atoms with E-state index in [1.54, 1.807) is 12.5 Å². The predicted octanol–water partition coefficient (Wildman–Crippen LogP) is 5.00. The van der Waals surface area contributed by atoms with Gasteiger partial charge in [-0.25, -0.2) is 9.78 Å². The Balaban J connectivity index is 1.57. The lowest BCUT2D eigenvalue weighted by Crippen LogP contribution is -2.53. The molecule has 43 heavy (non-hydrogen) atoms. The van der Waals surface area contributed by atoms with E-state index < -0.39 is 24.2 Å². The quantitative estimate of drug-likeness (QED) is 0.361. The summed E-state index contributed by atoms with van der Waals surface area (Å²) >= 11 is 6.65. The molecule has 2 aromatic heterocycles. The van der Waals surface area contributed by atoms with Crippen LogP contribution >= 0.6 is 11.6 Å². The fourth-order valence-corrected chi connectivity index (χ4v) is 5.90. The number of aromatic nitrogens is 3. The van der Waals surface area contributed by atoms with E-state index >= 15 is 0 Å². The zero-order valence-electron chi connectivity index (χ0n) is 25.6. The van der Waals surface area contributed by atoms with E-state index in [1.807, 2.05) is 81.6 Å². The monoisotopic (exact) mass is 608 g/mol. The number of aryl methyl sites for hydroxylation is 1. The first-order valence-corrected chi connectivity index (χ1v) is 15.0. The summed E-state index contributed by atoms with van der Waals surface area (Å²) in [6.45, 7) is 12.1. The van der Waals surface area contributed by atoms with Crippen LogP contribution < -0.4 is 5.32 Å². The lowest BCUT2D eigenvalue weighted by atomic mass is 9.90. The van der Waals surface area contributed by atoms with Crippen molar-refractivity contribution in [2.24, 2.45) is 7.05 Å². The SMILES string of the molecule is CC(C)OC(=O)NC(C1=Cc2cccnc2C(N2CCN(C(O)OC(C)(C)C)CC2)c2ccc(Cl)cc21)c1cncn1C. The van der Waals surface area contributed by atoms with Crippen molar-refractivity contribution in [3.05, 3.63) is 82.2 Å². The number of hydrogen-bond acceptors (Lipinski definition) is 8. The highest BCUT2D eigenvalue weighted by atomic mass is 35.5. The molecule has 3 unspecified atom stereocenters. The van der Waals surface area contributed by atoms with Gasteiger partial charge in [-0.1, -0.05) is 23.7 Å². The number of pyridine rings is 1. The van der Waals surface area contributed by atoms with Crippen LogP contribution in [0, 0.1) is 0 Å². The first-order valence-electron chi connectivity index (χ1n) is 14.6. The van der Waals surface area contributed by atoms with Gasteiger partial charge in [0.15, 0.2) is 0 Å². The third kappa shape index (κ3) is 7.11. The fourth-order valence-electron chi connectivity index (χ4n) is 5.73. The summed E-state index contributed by atoms with van der Waals surface area (Å²) in [4.78, 5) is 26.6. The van der Waals surface area contributed by atoms with E-state index in [9.17, 15) is 9.90 Å². The van der Waals surface area contributed by atoms with Crippen molar-refractivity contribution in [2.75, 3.05) is 26.2 Å². The van der Waals surface area contributed by atoms with Gasteiger partial charge < -0.3 is 24.5 Å². The number of imidazole rings is 1. The van der Waals surface area contributed by atoms with Crippen LogP contribution in [0.15, 0.2) is 49.1 Å². The number of amides is 1. The number of piperazine rings is 1. The van der Waals surface area contributed by atoms with Crippen LogP contribution in [0.2, 0.25) is 5.02 Å². The number of nitrogens with one attached hydrogen (secondary N) is 1. The van der Waals surface area contributed by atoms with Crippen molar-refractivity contribution >= 4 is 29.3 Å². The number of nitrogens with zero attached hydrogens (tertiary/aromatic N) is 5.